The van der Waals surface area contributed by atoms with Crippen LogP contribution in [0.5, 0.6) is 0 Å². The quantitative estimate of drug-likeness (QED) is 0.607. The summed E-state index contributed by atoms with van der Waals surface area (Å²) in [6, 6.07) is 16.0. The second kappa shape index (κ2) is 4.82. The Morgan fingerprint density at radius 1 is 1.00 bits per heavy atom. The van der Waals surface area contributed by atoms with Crippen molar-refractivity contribution in [3.63, 3.8) is 0 Å². The highest BCUT2D eigenvalue weighted by Crippen LogP contribution is 2.28. The van der Waals surface area contributed by atoms with Crippen molar-refractivity contribution >= 4 is 26.8 Å². The fourth-order valence-electron chi connectivity index (χ4n) is 2.37. The predicted octanol–water partition coefficient (Wildman–Crippen LogP) is 3.57. The lowest BCUT2D eigenvalue weighted by Crippen LogP contribution is -1.99. The predicted molar refractivity (Wildman–Crippen MR) is 84.1 cm³/mol. The van der Waals surface area contributed by atoms with Crippen LogP contribution in [0.25, 0.3) is 28.0 Å². The van der Waals surface area contributed by atoms with Crippen molar-refractivity contribution in [1.82, 2.24) is 25.2 Å². The summed E-state index contributed by atoms with van der Waals surface area (Å²) in [7, 11) is 0. The number of H-pyrrole nitrogens is 1. The minimum absolute atomic E-state index is 0.717. The molecule has 2 heterocycles. The minimum atomic E-state index is 0.717. The Balaban J connectivity index is 1.91. The summed E-state index contributed by atoms with van der Waals surface area (Å²) in [5.74, 6) is 0.717. The Kier molecular flexibility index (Phi) is 2.82. The molecule has 4 rings (SSSR count). The van der Waals surface area contributed by atoms with Gasteiger partial charge >= 0.3 is 0 Å². The zero-order valence-electron chi connectivity index (χ0n) is 10.9. The van der Waals surface area contributed by atoms with Crippen molar-refractivity contribution in [1.29, 1.82) is 0 Å². The third kappa shape index (κ3) is 2.04. The van der Waals surface area contributed by atoms with Crippen LogP contribution in [0.1, 0.15) is 0 Å². The van der Waals surface area contributed by atoms with E-state index in [1.54, 1.807) is 4.68 Å². The van der Waals surface area contributed by atoms with E-state index in [1.165, 1.54) is 0 Å². The normalized spacial score (nSPS) is 11.1. The van der Waals surface area contributed by atoms with Crippen LogP contribution >= 0.6 is 15.9 Å². The lowest BCUT2D eigenvalue weighted by molar-refractivity contribution is 0.791. The van der Waals surface area contributed by atoms with E-state index < -0.39 is 0 Å². The molecule has 0 aliphatic carbocycles. The molecule has 0 fully saturated rings. The van der Waals surface area contributed by atoms with E-state index >= 15 is 0 Å². The number of aromatic amines is 1. The van der Waals surface area contributed by atoms with Crippen LogP contribution in [0.2, 0.25) is 0 Å². The number of benzene rings is 2. The molecule has 5 nitrogen and oxygen atoms in total. The molecule has 21 heavy (non-hydrogen) atoms. The van der Waals surface area contributed by atoms with Gasteiger partial charge < -0.3 is 4.98 Å². The molecule has 0 spiro atoms. The average molecular weight is 340 g/mol. The highest BCUT2D eigenvalue weighted by Gasteiger charge is 2.14. The number of nitrogens with one attached hydrogen (secondary N) is 1. The molecule has 0 unspecified atom stereocenters. The van der Waals surface area contributed by atoms with E-state index in [4.69, 9.17) is 0 Å². The summed E-state index contributed by atoms with van der Waals surface area (Å²) in [5.41, 5.74) is 2.97. The van der Waals surface area contributed by atoms with Gasteiger partial charge in [0.1, 0.15) is 0 Å². The number of halogens is 1. The number of para-hydroxylation sites is 1. The Bertz CT molecular complexity index is 907. The molecule has 0 bridgehead atoms. The molecular weight excluding hydrogens is 330 g/mol. The number of fused-ring (bicyclic) bond motifs is 1. The average Bonchev–Trinajstić information content (AvgIpc) is 3.14. The first-order chi connectivity index (χ1) is 10.3. The molecule has 0 saturated carbocycles. The highest BCUT2D eigenvalue weighted by atomic mass is 79.9. The van der Waals surface area contributed by atoms with Gasteiger partial charge in [0.25, 0.3) is 0 Å². The number of tetrazole rings is 1. The maximum Gasteiger partial charge on any atom is 0.189 e. The SMILES string of the molecule is Brc1ccc(-n2nnnc2-c2c[nH]c3ccccc23)cc1. The molecule has 0 amide bonds. The number of nitrogens with zero attached hydrogens (tertiary/aromatic N) is 4. The Morgan fingerprint density at radius 3 is 2.67 bits per heavy atom. The van der Waals surface area contributed by atoms with E-state index in [1.807, 2.05) is 48.7 Å². The highest BCUT2D eigenvalue weighted by molar-refractivity contribution is 9.10. The third-order valence-corrected chi connectivity index (χ3v) is 3.90. The number of hydrogen-bond donors (Lipinski definition) is 1. The summed E-state index contributed by atoms with van der Waals surface area (Å²) < 4.78 is 2.76. The van der Waals surface area contributed by atoms with Gasteiger partial charge in [0, 0.05) is 27.1 Å². The summed E-state index contributed by atoms with van der Waals surface area (Å²) in [6.07, 6.45) is 1.94. The van der Waals surface area contributed by atoms with Gasteiger partial charge in [-0.3, -0.25) is 0 Å². The van der Waals surface area contributed by atoms with Gasteiger partial charge in [0.05, 0.1) is 5.69 Å². The van der Waals surface area contributed by atoms with Gasteiger partial charge in [-0.2, -0.15) is 4.68 Å². The van der Waals surface area contributed by atoms with Crippen molar-refractivity contribution in [2.75, 3.05) is 0 Å². The fourth-order valence-corrected chi connectivity index (χ4v) is 2.63. The molecule has 2 aromatic heterocycles. The van der Waals surface area contributed by atoms with Crippen molar-refractivity contribution in [2.45, 2.75) is 0 Å². The van der Waals surface area contributed by atoms with E-state index in [0.29, 0.717) is 0 Å². The minimum Gasteiger partial charge on any atom is -0.360 e. The monoisotopic (exact) mass is 339 g/mol. The van der Waals surface area contributed by atoms with Gasteiger partial charge in [-0.15, -0.1) is 5.10 Å². The molecule has 0 radical (unpaired) electrons. The maximum atomic E-state index is 4.18. The largest absolute Gasteiger partial charge is 0.360 e. The van der Waals surface area contributed by atoms with Crippen LogP contribution in [0, 0.1) is 0 Å². The van der Waals surface area contributed by atoms with Crippen LogP contribution in [0.4, 0.5) is 0 Å². The van der Waals surface area contributed by atoms with E-state index in [2.05, 4.69) is 42.5 Å². The first-order valence-corrected chi connectivity index (χ1v) is 7.23. The van der Waals surface area contributed by atoms with E-state index in [0.717, 1.165) is 32.5 Å². The Hall–Kier alpha value is -2.47. The van der Waals surface area contributed by atoms with Crippen LogP contribution in [0.3, 0.4) is 0 Å². The summed E-state index contributed by atoms with van der Waals surface area (Å²) >= 11 is 3.43. The van der Waals surface area contributed by atoms with E-state index in [9.17, 15) is 0 Å². The molecule has 0 aliphatic heterocycles. The molecule has 4 aromatic rings. The number of rotatable bonds is 2. The second-order valence-electron chi connectivity index (χ2n) is 4.64. The summed E-state index contributed by atoms with van der Waals surface area (Å²) in [4.78, 5) is 3.25. The van der Waals surface area contributed by atoms with Gasteiger partial charge in [-0.05, 0) is 40.8 Å². The fraction of sp³-hybridized carbons (Fsp3) is 0. The second-order valence-corrected chi connectivity index (χ2v) is 5.55. The van der Waals surface area contributed by atoms with Gasteiger partial charge in [-0.25, -0.2) is 0 Å². The lowest BCUT2D eigenvalue weighted by atomic mass is 10.1. The summed E-state index contributed by atoms with van der Waals surface area (Å²) in [5, 5.41) is 13.2. The molecular formula is C15H10BrN5. The van der Waals surface area contributed by atoms with Gasteiger partial charge in [0.2, 0.25) is 0 Å². The summed E-state index contributed by atoms with van der Waals surface area (Å²) in [6.45, 7) is 0. The van der Waals surface area contributed by atoms with Gasteiger partial charge in [-0.1, -0.05) is 34.1 Å². The standard InChI is InChI=1S/C15H10BrN5/c16-10-5-7-11(8-6-10)21-15(18-19-20-21)13-9-17-14-4-2-1-3-12(13)14/h1-9,17H. The van der Waals surface area contributed by atoms with Gasteiger partial charge in [0.15, 0.2) is 5.82 Å². The molecule has 6 heteroatoms. The van der Waals surface area contributed by atoms with Crippen molar-refractivity contribution in [2.24, 2.45) is 0 Å². The maximum absolute atomic E-state index is 4.18. The van der Waals surface area contributed by atoms with Crippen LogP contribution in [-0.2, 0) is 0 Å². The van der Waals surface area contributed by atoms with Crippen LogP contribution in [-0.4, -0.2) is 25.2 Å². The first kappa shape index (κ1) is 12.3. The molecule has 102 valence electrons. The molecule has 0 atom stereocenters. The lowest BCUT2D eigenvalue weighted by Gasteiger charge is -2.03. The molecule has 0 saturated heterocycles. The number of aromatic nitrogens is 5. The molecule has 2 aromatic carbocycles. The van der Waals surface area contributed by atoms with Crippen molar-refractivity contribution in [3.05, 3.63) is 59.2 Å². The number of hydrogen-bond acceptors (Lipinski definition) is 3. The zero-order valence-corrected chi connectivity index (χ0v) is 12.4. The van der Waals surface area contributed by atoms with Crippen molar-refractivity contribution < 1.29 is 0 Å². The Labute approximate surface area is 128 Å². The van der Waals surface area contributed by atoms with Crippen LogP contribution in [0.15, 0.2) is 59.2 Å². The van der Waals surface area contributed by atoms with E-state index in [-0.39, 0.29) is 0 Å². The topological polar surface area (TPSA) is 59.4 Å². The molecule has 0 aliphatic rings. The first-order valence-electron chi connectivity index (χ1n) is 6.44. The third-order valence-electron chi connectivity index (χ3n) is 3.37. The smallest absolute Gasteiger partial charge is 0.189 e. The molecule has 1 N–H and O–H groups in total. The Morgan fingerprint density at radius 2 is 1.81 bits per heavy atom. The zero-order chi connectivity index (χ0) is 14.2. The van der Waals surface area contributed by atoms with Crippen LogP contribution < -0.4 is 0 Å². The van der Waals surface area contributed by atoms with Crippen molar-refractivity contribution in [3.8, 4) is 17.1 Å².